The Bertz CT molecular complexity index is 634. The summed E-state index contributed by atoms with van der Waals surface area (Å²) in [5, 5.41) is 3.26. The van der Waals surface area contributed by atoms with Gasteiger partial charge in [0, 0.05) is 24.1 Å². The first-order valence-electron chi connectivity index (χ1n) is 6.59. The van der Waals surface area contributed by atoms with E-state index in [-0.39, 0.29) is 10.5 Å². The van der Waals surface area contributed by atoms with E-state index in [0.29, 0.717) is 24.2 Å². The Hall–Kier alpha value is -1.53. The zero-order valence-electron chi connectivity index (χ0n) is 11.5. The first-order chi connectivity index (χ1) is 10.0. The predicted octanol–water partition coefficient (Wildman–Crippen LogP) is 3.60. The van der Waals surface area contributed by atoms with Gasteiger partial charge in [-0.3, -0.25) is 4.98 Å². The third-order valence-corrected chi connectivity index (χ3v) is 4.06. The predicted molar refractivity (Wildman–Crippen MR) is 82.8 cm³/mol. The molecule has 1 atom stereocenters. The van der Waals surface area contributed by atoms with Crippen LogP contribution in [0.15, 0.2) is 35.1 Å². The van der Waals surface area contributed by atoms with Gasteiger partial charge in [0.05, 0.1) is 4.47 Å². The number of anilines is 1. The standard InChI is InChI=1S/C15H16BrF2N3/c1-2-21-13(7-9-8-20-6-5-12(9)19)10-3-4-11(17)15(18)14(10)16/h3-6,8,13,21H,2,7H2,1H3,(H2,19,20). The lowest BCUT2D eigenvalue weighted by Crippen LogP contribution is -2.24. The second-order valence-corrected chi connectivity index (χ2v) is 5.45. The van der Waals surface area contributed by atoms with Gasteiger partial charge in [0.1, 0.15) is 0 Å². The van der Waals surface area contributed by atoms with E-state index in [9.17, 15) is 8.78 Å². The van der Waals surface area contributed by atoms with Crippen LogP contribution in [-0.2, 0) is 6.42 Å². The monoisotopic (exact) mass is 355 g/mol. The number of rotatable bonds is 5. The van der Waals surface area contributed by atoms with Gasteiger partial charge in [0.2, 0.25) is 0 Å². The summed E-state index contributed by atoms with van der Waals surface area (Å²) in [4.78, 5) is 4.05. The molecular formula is C15H16BrF2N3. The van der Waals surface area contributed by atoms with Crippen LogP contribution in [0.4, 0.5) is 14.5 Å². The Morgan fingerprint density at radius 1 is 1.33 bits per heavy atom. The van der Waals surface area contributed by atoms with E-state index >= 15 is 0 Å². The van der Waals surface area contributed by atoms with E-state index in [4.69, 9.17) is 5.73 Å². The first kappa shape index (κ1) is 15.9. The number of pyridine rings is 1. The number of hydrogen-bond acceptors (Lipinski definition) is 3. The number of nitrogens with two attached hydrogens (primary N) is 1. The van der Waals surface area contributed by atoms with Gasteiger partial charge in [-0.25, -0.2) is 8.78 Å². The number of nitrogens with zero attached hydrogens (tertiary/aromatic N) is 1. The summed E-state index contributed by atoms with van der Waals surface area (Å²) in [6.45, 7) is 2.64. The van der Waals surface area contributed by atoms with Crippen LogP contribution in [0.25, 0.3) is 0 Å². The van der Waals surface area contributed by atoms with Crippen molar-refractivity contribution in [1.29, 1.82) is 0 Å². The molecule has 112 valence electrons. The molecule has 0 aliphatic rings. The summed E-state index contributed by atoms with van der Waals surface area (Å²) in [6.07, 6.45) is 3.85. The molecule has 0 fully saturated rings. The number of nitrogen functional groups attached to an aromatic ring is 1. The van der Waals surface area contributed by atoms with Crippen LogP contribution in [0.2, 0.25) is 0 Å². The van der Waals surface area contributed by atoms with Crippen molar-refractivity contribution in [1.82, 2.24) is 10.3 Å². The zero-order valence-corrected chi connectivity index (χ0v) is 13.1. The van der Waals surface area contributed by atoms with Crippen LogP contribution >= 0.6 is 15.9 Å². The summed E-state index contributed by atoms with van der Waals surface area (Å²) in [5.74, 6) is -1.75. The summed E-state index contributed by atoms with van der Waals surface area (Å²) < 4.78 is 27.1. The van der Waals surface area contributed by atoms with Crippen molar-refractivity contribution in [2.45, 2.75) is 19.4 Å². The molecule has 2 rings (SSSR count). The molecule has 2 aromatic rings. The van der Waals surface area contributed by atoms with Crippen LogP contribution in [0, 0.1) is 11.6 Å². The lowest BCUT2D eigenvalue weighted by atomic mass is 9.98. The highest BCUT2D eigenvalue weighted by atomic mass is 79.9. The highest BCUT2D eigenvalue weighted by molar-refractivity contribution is 9.10. The maximum absolute atomic E-state index is 13.7. The fourth-order valence-corrected chi connectivity index (χ4v) is 2.77. The number of nitrogens with one attached hydrogen (secondary N) is 1. The lowest BCUT2D eigenvalue weighted by molar-refractivity contribution is 0.491. The Balaban J connectivity index is 2.36. The summed E-state index contributed by atoms with van der Waals surface area (Å²) in [7, 11) is 0. The molecule has 0 aliphatic heterocycles. The third-order valence-electron chi connectivity index (χ3n) is 3.26. The average molecular weight is 356 g/mol. The van der Waals surface area contributed by atoms with Gasteiger partial charge in [0.25, 0.3) is 0 Å². The molecule has 6 heteroatoms. The number of benzene rings is 1. The molecule has 1 heterocycles. The van der Waals surface area contributed by atoms with E-state index in [1.165, 1.54) is 0 Å². The molecule has 3 nitrogen and oxygen atoms in total. The number of hydrogen-bond donors (Lipinski definition) is 2. The van der Waals surface area contributed by atoms with Gasteiger partial charge in [0.15, 0.2) is 11.6 Å². The summed E-state index contributed by atoms with van der Waals surface area (Å²) >= 11 is 3.13. The Morgan fingerprint density at radius 2 is 2.10 bits per heavy atom. The van der Waals surface area contributed by atoms with Gasteiger partial charge in [-0.2, -0.15) is 0 Å². The van der Waals surface area contributed by atoms with Gasteiger partial charge < -0.3 is 11.1 Å². The van der Waals surface area contributed by atoms with Gasteiger partial charge in [-0.1, -0.05) is 13.0 Å². The smallest absolute Gasteiger partial charge is 0.173 e. The van der Waals surface area contributed by atoms with E-state index < -0.39 is 11.6 Å². The zero-order chi connectivity index (χ0) is 15.4. The number of aromatic nitrogens is 1. The molecular weight excluding hydrogens is 340 g/mol. The Labute approximate surface area is 130 Å². The summed E-state index contributed by atoms with van der Waals surface area (Å²) in [6, 6.07) is 4.24. The first-order valence-corrected chi connectivity index (χ1v) is 7.39. The van der Waals surface area contributed by atoms with Gasteiger partial charge in [-0.05, 0) is 52.2 Å². The fourth-order valence-electron chi connectivity index (χ4n) is 2.18. The molecule has 0 bridgehead atoms. The number of likely N-dealkylation sites (N-methyl/N-ethyl adjacent to an activating group) is 1. The van der Waals surface area contributed by atoms with Crippen LogP contribution < -0.4 is 11.1 Å². The van der Waals surface area contributed by atoms with E-state index in [0.717, 1.165) is 11.6 Å². The minimum absolute atomic E-state index is 0.135. The van der Waals surface area contributed by atoms with Crippen molar-refractivity contribution in [2.75, 3.05) is 12.3 Å². The molecule has 0 saturated carbocycles. The van der Waals surface area contributed by atoms with Crippen molar-refractivity contribution in [2.24, 2.45) is 0 Å². The van der Waals surface area contributed by atoms with Crippen LogP contribution in [0.1, 0.15) is 24.1 Å². The highest BCUT2D eigenvalue weighted by Gasteiger charge is 2.19. The minimum Gasteiger partial charge on any atom is -0.398 e. The van der Waals surface area contributed by atoms with Crippen molar-refractivity contribution in [3.8, 4) is 0 Å². The molecule has 1 aromatic carbocycles. The Morgan fingerprint density at radius 3 is 2.76 bits per heavy atom. The molecule has 0 saturated heterocycles. The Kier molecular flexibility index (Phi) is 5.25. The van der Waals surface area contributed by atoms with Crippen molar-refractivity contribution < 1.29 is 8.78 Å². The molecule has 3 N–H and O–H groups in total. The van der Waals surface area contributed by atoms with Crippen molar-refractivity contribution >= 4 is 21.6 Å². The lowest BCUT2D eigenvalue weighted by Gasteiger charge is -2.21. The third kappa shape index (κ3) is 3.57. The molecule has 0 spiro atoms. The van der Waals surface area contributed by atoms with E-state index in [1.807, 2.05) is 6.92 Å². The minimum atomic E-state index is -0.880. The van der Waals surface area contributed by atoms with Crippen molar-refractivity contribution in [3.05, 3.63) is 57.8 Å². The van der Waals surface area contributed by atoms with E-state index in [1.54, 1.807) is 24.5 Å². The largest absolute Gasteiger partial charge is 0.398 e. The van der Waals surface area contributed by atoms with Gasteiger partial charge in [-0.15, -0.1) is 0 Å². The van der Waals surface area contributed by atoms with Crippen LogP contribution in [0.5, 0.6) is 0 Å². The average Bonchev–Trinajstić information content (AvgIpc) is 2.47. The molecule has 21 heavy (non-hydrogen) atoms. The molecule has 0 radical (unpaired) electrons. The second kappa shape index (κ2) is 6.95. The second-order valence-electron chi connectivity index (χ2n) is 4.65. The molecule has 0 aliphatic carbocycles. The van der Waals surface area contributed by atoms with Crippen molar-refractivity contribution in [3.63, 3.8) is 0 Å². The molecule has 1 unspecified atom stereocenters. The normalized spacial score (nSPS) is 12.4. The maximum atomic E-state index is 13.7. The van der Waals surface area contributed by atoms with E-state index in [2.05, 4.69) is 26.2 Å². The topological polar surface area (TPSA) is 50.9 Å². The van der Waals surface area contributed by atoms with Gasteiger partial charge >= 0.3 is 0 Å². The van der Waals surface area contributed by atoms with Crippen LogP contribution in [0.3, 0.4) is 0 Å². The number of halogens is 3. The highest BCUT2D eigenvalue weighted by Crippen LogP contribution is 2.30. The maximum Gasteiger partial charge on any atom is 0.173 e. The quantitative estimate of drug-likeness (QED) is 0.805. The fraction of sp³-hybridized carbons (Fsp3) is 0.267. The SMILES string of the molecule is CCNC(Cc1cnccc1N)c1ccc(F)c(F)c1Br. The molecule has 1 aromatic heterocycles. The summed E-state index contributed by atoms with van der Waals surface area (Å²) in [5.41, 5.74) is 8.07. The molecule has 0 amide bonds. The van der Waals surface area contributed by atoms with Crippen LogP contribution in [-0.4, -0.2) is 11.5 Å².